The maximum absolute atomic E-state index is 12.7. The molecule has 2 N–H and O–H groups in total. The zero-order valence-electron chi connectivity index (χ0n) is 11.9. The molecule has 2 rings (SSSR count). The van der Waals surface area contributed by atoms with Crippen molar-refractivity contribution in [2.75, 3.05) is 26.2 Å². The van der Waals surface area contributed by atoms with Gasteiger partial charge in [0.25, 0.3) is 0 Å². The Morgan fingerprint density at radius 1 is 1.33 bits per heavy atom. The van der Waals surface area contributed by atoms with Crippen LogP contribution in [0.15, 0.2) is 24.3 Å². The molecule has 1 aliphatic rings. The minimum Gasteiger partial charge on any atom is -0.494 e. The fourth-order valence-corrected chi connectivity index (χ4v) is 2.18. The zero-order valence-corrected chi connectivity index (χ0v) is 12.8. The van der Waals surface area contributed by atoms with Gasteiger partial charge in [0.1, 0.15) is 11.6 Å². The Hall–Kier alpha value is -1.33. The molecule has 1 amide bonds. The SMILES string of the molecule is Cl.O=C(NCCCCOc1ccc(F)cc1)C1CCNC1. The molecule has 1 heterocycles. The summed E-state index contributed by atoms with van der Waals surface area (Å²) < 4.78 is 18.2. The molecule has 0 bridgehead atoms. The van der Waals surface area contributed by atoms with Gasteiger partial charge in [-0.15, -0.1) is 12.4 Å². The Bertz CT molecular complexity index is 422. The lowest BCUT2D eigenvalue weighted by Gasteiger charge is -2.10. The maximum atomic E-state index is 12.7. The number of unbranched alkanes of at least 4 members (excludes halogenated alkanes) is 1. The van der Waals surface area contributed by atoms with Gasteiger partial charge in [0.2, 0.25) is 5.91 Å². The van der Waals surface area contributed by atoms with Crippen LogP contribution >= 0.6 is 12.4 Å². The quantitative estimate of drug-likeness (QED) is 0.758. The fraction of sp³-hybridized carbons (Fsp3) is 0.533. The van der Waals surface area contributed by atoms with Crippen LogP contribution in [0.4, 0.5) is 4.39 Å². The lowest BCUT2D eigenvalue weighted by Crippen LogP contribution is -2.32. The number of benzene rings is 1. The standard InChI is InChI=1S/C15H21FN2O2.ClH/c16-13-3-5-14(6-4-13)20-10-2-1-8-18-15(19)12-7-9-17-11-12;/h3-6,12,17H,1-2,7-11H2,(H,18,19);1H. The van der Waals surface area contributed by atoms with Crippen molar-refractivity contribution in [3.63, 3.8) is 0 Å². The van der Waals surface area contributed by atoms with E-state index in [1.807, 2.05) is 0 Å². The van der Waals surface area contributed by atoms with Crippen molar-refractivity contribution in [1.29, 1.82) is 0 Å². The Morgan fingerprint density at radius 2 is 2.10 bits per heavy atom. The number of carbonyl (C=O) groups excluding carboxylic acids is 1. The van der Waals surface area contributed by atoms with Gasteiger partial charge in [0.05, 0.1) is 12.5 Å². The highest BCUT2D eigenvalue weighted by molar-refractivity contribution is 5.85. The molecule has 1 aromatic carbocycles. The van der Waals surface area contributed by atoms with E-state index in [4.69, 9.17) is 4.74 Å². The number of nitrogens with one attached hydrogen (secondary N) is 2. The number of hydrogen-bond donors (Lipinski definition) is 2. The third-order valence-corrected chi connectivity index (χ3v) is 3.38. The van der Waals surface area contributed by atoms with Gasteiger partial charge in [0.15, 0.2) is 0 Å². The first kappa shape index (κ1) is 17.7. The van der Waals surface area contributed by atoms with E-state index in [-0.39, 0.29) is 30.0 Å². The summed E-state index contributed by atoms with van der Waals surface area (Å²) in [5.74, 6) is 0.689. The van der Waals surface area contributed by atoms with E-state index >= 15 is 0 Å². The van der Waals surface area contributed by atoms with Crippen LogP contribution < -0.4 is 15.4 Å². The molecule has 0 radical (unpaired) electrons. The Balaban J connectivity index is 0.00000220. The number of amides is 1. The number of ether oxygens (including phenoxy) is 1. The highest BCUT2D eigenvalue weighted by Gasteiger charge is 2.21. The predicted molar refractivity (Wildman–Crippen MR) is 82.4 cm³/mol. The largest absolute Gasteiger partial charge is 0.494 e. The summed E-state index contributed by atoms with van der Waals surface area (Å²) in [5.41, 5.74) is 0. The van der Waals surface area contributed by atoms with Crippen molar-refractivity contribution in [3.05, 3.63) is 30.1 Å². The van der Waals surface area contributed by atoms with Gasteiger partial charge in [-0.3, -0.25) is 4.79 Å². The first-order valence-electron chi connectivity index (χ1n) is 7.12. The van der Waals surface area contributed by atoms with Crippen LogP contribution in [0.25, 0.3) is 0 Å². The minimum atomic E-state index is -0.263. The van der Waals surface area contributed by atoms with Crippen LogP contribution in [0, 0.1) is 11.7 Å². The van der Waals surface area contributed by atoms with E-state index in [1.165, 1.54) is 12.1 Å². The summed E-state index contributed by atoms with van der Waals surface area (Å²) in [7, 11) is 0. The van der Waals surface area contributed by atoms with Crippen molar-refractivity contribution < 1.29 is 13.9 Å². The molecule has 0 spiro atoms. The molecule has 1 atom stereocenters. The fourth-order valence-electron chi connectivity index (χ4n) is 2.18. The Labute approximate surface area is 130 Å². The zero-order chi connectivity index (χ0) is 14.2. The van der Waals surface area contributed by atoms with Crippen LogP contribution in [0.1, 0.15) is 19.3 Å². The van der Waals surface area contributed by atoms with E-state index < -0.39 is 0 Å². The van der Waals surface area contributed by atoms with Crippen LogP contribution in [0.3, 0.4) is 0 Å². The highest BCUT2D eigenvalue weighted by atomic mass is 35.5. The lowest BCUT2D eigenvalue weighted by atomic mass is 10.1. The van der Waals surface area contributed by atoms with Gasteiger partial charge in [-0.1, -0.05) is 0 Å². The maximum Gasteiger partial charge on any atom is 0.224 e. The highest BCUT2D eigenvalue weighted by Crippen LogP contribution is 2.11. The first-order valence-corrected chi connectivity index (χ1v) is 7.12. The molecule has 0 aromatic heterocycles. The molecule has 1 aromatic rings. The van der Waals surface area contributed by atoms with Gasteiger partial charge >= 0.3 is 0 Å². The van der Waals surface area contributed by atoms with E-state index in [9.17, 15) is 9.18 Å². The second-order valence-electron chi connectivity index (χ2n) is 4.99. The third-order valence-electron chi connectivity index (χ3n) is 3.38. The molecule has 4 nitrogen and oxygen atoms in total. The van der Waals surface area contributed by atoms with E-state index in [2.05, 4.69) is 10.6 Å². The van der Waals surface area contributed by atoms with Gasteiger partial charge < -0.3 is 15.4 Å². The summed E-state index contributed by atoms with van der Waals surface area (Å²) in [5, 5.41) is 6.13. The first-order chi connectivity index (χ1) is 9.75. The van der Waals surface area contributed by atoms with E-state index in [0.717, 1.165) is 32.4 Å². The van der Waals surface area contributed by atoms with Crippen LogP contribution in [-0.4, -0.2) is 32.1 Å². The molecule has 0 aliphatic carbocycles. The van der Waals surface area contributed by atoms with Crippen LogP contribution in [0.5, 0.6) is 5.75 Å². The molecule has 0 saturated carbocycles. The minimum absolute atomic E-state index is 0. The van der Waals surface area contributed by atoms with Crippen molar-refractivity contribution >= 4 is 18.3 Å². The molecule has 1 fully saturated rings. The van der Waals surface area contributed by atoms with Gasteiger partial charge in [-0.2, -0.15) is 0 Å². The normalized spacial score (nSPS) is 17.1. The average Bonchev–Trinajstić information content (AvgIpc) is 2.98. The molecule has 1 unspecified atom stereocenters. The molecule has 118 valence electrons. The van der Waals surface area contributed by atoms with E-state index in [1.54, 1.807) is 12.1 Å². The monoisotopic (exact) mass is 316 g/mol. The molecule has 21 heavy (non-hydrogen) atoms. The number of rotatable bonds is 7. The molecule has 1 saturated heterocycles. The number of halogens is 2. The summed E-state index contributed by atoms with van der Waals surface area (Å²) in [6.07, 6.45) is 2.67. The average molecular weight is 317 g/mol. The summed E-state index contributed by atoms with van der Waals surface area (Å²) in [6, 6.07) is 5.99. The summed E-state index contributed by atoms with van der Waals surface area (Å²) in [6.45, 7) is 2.98. The summed E-state index contributed by atoms with van der Waals surface area (Å²) >= 11 is 0. The smallest absolute Gasteiger partial charge is 0.224 e. The topological polar surface area (TPSA) is 50.4 Å². The number of carbonyl (C=O) groups is 1. The second-order valence-corrected chi connectivity index (χ2v) is 4.99. The summed E-state index contributed by atoms with van der Waals surface area (Å²) in [4.78, 5) is 11.7. The molecular formula is C15H22ClFN2O2. The van der Waals surface area contributed by atoms with Crippen molar-refractivity contribution in [2.45, 2.75) is 19.3 Å². The van der Waals surface area contributed by atoms with Crippen LogP contribution in [-0.2, 0) is 4.79 Å². The molecule has 1 aliphatic heterocycles. The molecule has 6 heteroatoms. The molecular weight excluding hydrogens is 295 g/mol. The van der Waals surface area contributed by atoms with Crippen molar-refractivity contribution in [3.8, 4) is 5.75 Å². The van der Waals surface area contributed by atoms with E-state index in [0.29, 0.717) is 18.9 Å². The second kappa shape index (κ2) is 9.58. The van der Waals surface area contributed by atoms with Gasteiger partial charge in [-0.25, -0.2) is 4.39 Å². The van der Waals surface area contributed by atoms with Crippen molar-refractivity contribution in [2.24, 2.45) is 5.92 Å². The van der Waals surface area contributed by atoms with Crippen LogP contribution in [0.2, 0.25) is 0 Å². The third kappa shape index (κ3) is 6.31. The Kier molecular flexibility index (Phi) is 8.08. The predicted octanol–water partition coefficient (Wildman–Crippen LogP) is 2.13. The lowest BCUT2D eigenvalue weighted by molar-refractivity contribution is -0.124. The van der Waals surface area contributed by atoms with Gasteiger partial charge in [-0.05, 0) is 50.1 Å². The van der Waals surface area contributed by atoms with Crippen molar-refractivity contribution in [1.82, 2.24) is 10.6 Å². The Morgan fingerprint density at radius 3 is 2.76 bits per heavy atom. The van der Waals surface area contributed by atoms with Gasteiger partial charge in [0, 0.05) is 13.1 Å². The number of hydrogen-bond acceptors (Lipinski definition) is 3.